The number of carbonyl (C=O) groups is 1. The molecular weight excluding hydrogens is 330 g/mol. The van der Waals surface area contributed by atoms with E-state index in [2.05, 4.69) is 4.98 Å². The Morgan fingerprint density at radius 1 is 1.12 bits per heavy atom. The highest BCUT2D eigenvalue weighted by atomic mass is 16.4. The first kappa shape index (κ1) is 17.4. The lowest BCUT2D eigenvalue weighted by atomic mass is 10.1. The number of fused-ring (bicyclic) bond motifs is 1. The molecule has 3 rings (SSSR count). The minimum absolute atomic E-state index is 0.0464. The van der Waals surface area contributed by atoms with Gasteiger partial charge in [-0.15, -0.1) is 0 Å². The Bertz CT molecular complexity index is 1060. The zero-order valence-corrected chi connectivity index (χ0v) is 14.8. The number of hydrogen-bond donors (Lipinski definition) is 1. The lowest BCUT2D eigenvalue weighted by molar-refractivity contribution is 0.0696. The molecule has 0 aliphatic rings. The molecule has 0 fully saturated rings. The van der Waals surface area contributed by atoms with E-state index in [-0.39, 0.29) is 11.1 Å². The summed E-state index contributed by atoms with van der Waals surface area (Å²) in [6.07, 6.45) is 5.00. The molecule has 0 aliphatic heterocycles. The van der Waals surface area contributed by atoms with Crippen molar-refractivity contribution in [1.82, 2.24) is 9.38 Å². The van der Waals surface area contributed by atoms with Gasteiger partial charge in [-0.3, -0.25) is 9.20 Å². The van der Waals surface area contributed by atoms with Crippen molar-refractivity contribution in [1.29, 1.82) is 0 Å². The fourth-order valence-electron chi connectivity index (χ4n) is 2.59. The minimum atomic E-state index is -1.08. The van der Waals surface area contributed by atoms with Crippen LogP contribution in [0.4, 0.5) is 5.69 Å². The van der Waals surface area contributed by atoms with Gasteiger partial charge in [0.25, 0.3) is 5.56 Å². The topological polar surface area (TPSA) is 74.9 Å². The number of carboxylic acids is 1. The largest absolute Gasteiger partial charge is 0.478 e. The molecule has 6 heteroatoms. The summed E-state index contributed by atoms with van der Waals surface area (Å²) in [4.78, 5) is 30.1. The van der Waals surface area contributed by atoms with Gasteiger partial charge in [0.05, 0.1) is 11.3 Å². The first-order valence-corrected chi connectivity index (χ1v) is 8.08. The van der Waals surface area contributed by atoms with Crippen molar-refractivity contribution in [2.24, 2.45) is 0 Å². The van der Waals surface area contributed by atoms with Crippen LogP contribution in [0.15, 0.2) is 47.4 Å². The molecule has 0 unspecified atom stereocenters. The molecule has 26 heavy (non-hydrogen) atoms. The van der Waals surface area contributed by atoms with E-state index in [9.17, 15) is 9.59 Å². The SMILES string of the molecule is Cc1c(C=Cc2ccc(N(C)C)cc2)nc2ccc(C(=O)O)cn2c1=O. The summed E-state index contributed by atoms with van der Waals surface area (Å²) in [5.74, 6) is -1.08. The van der Waals surface area contributed by atoms with Gasteiger partial charge in [-0.2, -0.15) is 0 Å². The van der Waals surface area contributed by atoms with Crippen LogP contribution in [0.1, 0.15) is 27.2 Å². The number of anilines is 1. The van der Waals surface area contributed by atoms with Gasteiger partial charge < -0.3 is 10.0 Å². The summed E-state index contributed by atoms with van der Waals surface area (Å²) in [5, 5.41) is 9.07. The van der Waals surface area contributed by atoms with Gasteiger partial charge in [-0.05, 0) is 42.8 Å². The maximum atomic E-state index is 12.5. The molecule has 132 valence electrons. The fraction of sp³-hybridized carbons (Fsp3) is 0.150. The number of carboxylic acid groups (broad SMARTS) is 1. The molecule has 3 aromatic rings. The van der Waals surface area contributed by atoms with E-state index in [0.717, 1.165) is 11.3 Å². The van der Waals surface area contributed by atoms with E-state index in [4.69, 9.17) is 5.11 Å². The number of hydrogen-bond acceptors (Lipinski definition) is 4. The molecule has 0 saturated carbocycles. The molecule has 0 saturated heterocycles. The van der Waals surface area contributed by atoms with Gasteiger partial charge in [0, 0.05) is 31.5 Å². The normalized spacial score (nSPS) is 11.2. The lowest BCUT2D eigenvalue weighted by Gasteiger charge is -2.11. The highest BCUT2D eigenvalue weighted by Crippen LogP contribution is 2.15. The first-order valence-electron chi connectivity index (χ1n) is 8.08. The highest BCUT2D eigenvalue weighted by molar-refractivity contribution is 5.87. The predicted octanol–water partition coefficient (Wildman–Crippen LogP) is 2.94. The van der Waals surface area contributed by atoms with Crippen LogP contribution >= 0.6 is 0 Å². The summed E-state index contributed by atoms with van der Waals surface area (Å²) < 4.78 is 1.27. The molecule has 0 atom stereocenters. The summed E-state index contributed by atoms with van der Waals surface area (Å²) in [7, 11) is 3.97. The molecule has 0 amide bonds. The number of aromatic carboxylic acids is 1. The van der Waals surface area contributed by atoms with Crippen molar-refractivity contribution in [3.63, 3.8) is 0 Å². The standard InChI is InChI=1S/C20H19N3O3/c1-13-17(10-6-14-4-8-16(9-5-14)22(2)3)21-18-11-7-15(20(25)26)12-23(18)19(13)24/h4-12H,1-3H3,(H,25,26). The molecule has 1 aromatic carbocycles. The van der Waals surface area contributed by atoms with Crippen LogP contribution < -0.4 is 10.5 Å². The monoisotopic (exact) mass is 349 g/mol. The van der Waals surface area contributed by atoms with Crippen molar-refractivity contribution in [3.05, 3.63) is 75.3 Å². The number of aromatic nitrogens is 2. The van der Waals surface area contributed by atoms with Crippen LogP contribution in [-0.4, -0.2) is 34.6 Å². The number of nitrogens with zero attached hydrogens (tertiary/aromatic N) is 3. The average Bonchev–Trinajstić information content (AvgIpc) is 2.63. The average molecular weight is 349 g/mol. The van der Waals surface area contributed by atoms with Crippen molar-refractivity contribution < 1.29 is 9.90 Å². The van der Waals surface area contributed by atoms with Crippen LogP contribution in [0, 0.1) is 6.92 Å². The second-order valence-corrected chi connectivity index (χ2v) is 6.20. The Labute approximate surface area is 150 Å². The zero-order valence-electron chi connectivity index (χ0n) is 14.8. The number of pyridine rings is 1. The van der Waals surface area contributed by atoms with Crippen molar-refractivity contribution >= 4 is 29.5 Å². The Hall–Kier alpha value is -3.41. The summed E-state index contributed by atoms with van der Waals surface area (Å²) in [6.45, 7) is 1.68. The summed E-state index contributed by atoms with van der Waals surface area (Å²) >= 11 is 0. The van der Waals surface area contributed by atoms with Crippen LogP contribution in [0.3, 0.4) is 0 Å². The molecule has 0 aliphatic carbocycles. The molecule has 1 N–H and O–H groups in total. The third kappa shape index (κ3) is 3.35. The van der Waals surface area contributed by atoms with Crippen molar-refractivity contribution in [2.75, 3.05) is 19.0 Å². The van der Waals surface area contributed by atoms with Crippen LogP contribution in [0.2, 0.25) is 0 Å². The van der Waals surface area contributed by atoms with E-state index >= 15 is 0 Å². The van der Waals surface area contributed by atoms with E-state index in [0.29, 0.717) is 16.9 Å². The molecule has 0 spiro atoms. The van der Waals surface area contributed by atoms with Crippen LogP contribution in [-0.2, 0) is 0 Å². The zero-order chi connectivity index (χ0) is 18.8. The van der Waals surface area contributed by atoms with Gasteiger partial charge in [0.1, 0.15) is 5.65 Å². The van der Waals surface area contributed by atoms with E-state index < -0.39 is 5.97 Å². The van der Waals surface area contributed by atoms with Gasteiger partial charge in [-0.25, -0.2) is 9.78 Å². The first-order chi connectivity index (χ1) is 12.4. The van der Waals surface area contributed by atoms with E-state index in [1.54, 1.807) is 13.0 Å². The van der Waals surface area contributed by atoms with Crippen LogP contribution in [0.25, 0.3) is 17.8 Å². The summed E-state index contributed by atoms with van der Waals surface area (Å²) in [6, 6.07) is 11.0. The van der Waals surface area contributed by atoms with Gasteiger partial charge in [0.15, 0.2) is 0 Å². The minimum Gasteiger partial charge on any atom is -0.478 e. The second-order valence-electron chi connectivity index (χ2n) is 6.20. The third-order valence-electron chi connectivity index (χ3n) is 4.18. The second kappa shape index (κ2) is 6.84. The van der Waals surface area contributed by atoms with Crippen LogP contribution in [0.5, 0.6) is 0 Å². The molecular formula is C20H19N3O3. The van der Waals surface area contributed by atoms with E-state index in [1.165, 1.54) is 22.7 Å². The molecule has 2 heterocycles. The third-order valence-corrected chi connectivity index (χ3v) is 4.18. The Balaban J connectivity index is 2.00. The molecule has 0 radical (unpaired) electrons. The highest BCUT2D eigenvalue weighted by Gasteiger charge is 2.10. The van der Waals surface area contributed by atoms with E-state index in [1.807, 2.05) is 49.3 Å². The Kier molecular flexibility index (Phi) is 4.58. The maximum absolute atomic E-state index is 12.5. The van der Waals surface area contributed by atoms with Gasteiger partial charge in [0.2, 0.25) is 0 Å². The smallest absolute Gasteiger partial charge is 0.337 e. The Morgan fingerprint density at radius 2 is 1.81 bits per heavy atom. The van der Waals surface area contributed by atoms with Gasteiger partial charge >= 0.3 is 5.97 Å². The Morgan fingerprint density at radius 3 is 2.42 bits per heavy atom. The predicted molar refractivity (Wildman–Crippen MR) is 103 cm³/mol. The fourth-order valence-corrected chi connectivity index (χ4v) is 2.59. The lowest BCUT2D eigenvalue weighted by Crippen LogP contribution is -2.20. The quantitative estimate of drug-likeness (QED) is 0.784. The van der Waals surface area contributed by atoms with Gasteiger partial charge in [-0.1, -0.05) is 18.2 Å². The summed E-state index contributed by atoms with van der Waals surface area (Å²) in [5.41, 5.74) is 3.31. The maximum Gasteiger partial charge on any atom is 0.337 e. The molecule has 0 bridgehead atoms. The van der Waals surface area contributed by atoms with Crippen molar-refractivity contribution in [2.45, 2.75) is 6.92 Å². The molecule has 2 aromatic heterocycles. The number of rotatable bonds is 4. The molecule has 6 nitrogen and oxygen atoms in total. The number of benzene rings is 1. The van der Waals surface area contributed by atoms with Crippen molar-refractivity contribution in [3.8, 4) is 0 Å².